The van der Waals surface area contributed by atoms with E-state index in [4.69, 9.17) is 21.1 Å². The molecule has 0 aromatic heterocycles. The Morgan fingerprint density at radius 2 is 1.53 bits per heavy atom. The first-order valence-corrected chi connectivity index (χ1v) is 7.06. The third-order valence-electron chi connectivity index (χ3n) is 2.89. The Hall–Kier alpha value is -1.19. The molecule has 1 unspecified atom stereocenters. The molecule has 0 aliphatic carbocycles. The van der Waals surface area contributed by atoms with Gasteiger partial charge in [-0.1, -0.05) is 45.7 Å². The van der Waals surface area contributed by atoms with Crippen molar-refractivity contribution in [3.63, 3.8) is 0 Å². The smallest absolute Gasteiger partial charge is 0.120 e. The number of alkyl halides is 1. The standard InChI is InChI=1S/C15H14BrClO2/c1-18-11-5-3-10(4-6-11)15(16)13-8-7-12(19-2)9-14(13)17/h3-9,15H,1-2H3. The van der Waals surface area contributed by atoms with E-state index in [0.717, 1.165) is 22.6 Å². The Labute approximate surface area is 126 Å². The van der Waals surface area contributed by atoms with E-state index < -0.39 is 0 Å². The average Bonchev–Trinajstić information content (AvgIpc) is 2.46. The average molecular weight is 342 g/mol. The molecule has 0 N–H and O–H groups in total. The van der Waals surface area contributed by atoms with E-state index in [1.807, 2.05) is 42.5 Å². The van der Waals surface area contributed by atoms with E-state index in [0.29, 0.717) is 5.02 Å². The minimum absolute atomic E-state index is 0.0387. The molecule has 0 saturated carbocycles. The van der Waals surface area contributed by atoms with Crippen LogP contribution in [0.3, 0.4) is 0 Å². The van der Waals surface area contributed by atoms with Crippen LogP contribution < -0.4 is 9.47 Å². The molecule has 2 aromatic carbocycles. The highest BCUT2D eigenvalue weighted by Crippen LogP contribution is 2.37. The maximum absolute atomic E-state index is 6.28. The zero-order valence-corrected chi connectivity index (χ0v) is 13.0. The minimum atomic E-state index is 0.0387. The van der Waals surface area contributed by atoms with Crippen molar-refractivity contribution in [3.8, 4) is 11.5 Å². The summed E-state index contributed by atoms with van der Waals surface area (Å²) >= 11 is 9.95. The van der Waals surface area contributed by atoms with Crippen LogP contribution in [0.1, 0.15) is 16.0 Å². The van der Waals surface area contributed by atoms with Crippen molar-refractivity contribution in [1.82, 2.24) is 0 Å². The summed E-state index contributed by atoms with van der Waals surface area (Å²) in [5.74, 6) is 1.59. The summed E-state index contributed by atoms with van der Waals surface area (Å²) in [6.07, 6.45) is 0. The van der Waals surface area contributed by atoms with Gasteiger partial charge in [-0.3, -0.25) is 0 Å². The molecular formula is C15H14BrClO2. The number of benzene rings is 2. The molecule has 0 fully saturated rings. The summed E-state index contributed by atoms with van der Waals surface area (Å²) in [4.78, 5) is 0.0387. The van der Waals surface area contributed by atoms with Gasteiger partial charge in [-0.25, -0.2) is 0 Å². The van der Waals surface area contributed by atoms with Gasteiger partial charge < -0.3 is 9.47 Å². The molecule has 0 bridgehead atoms. The van der Waals surface area contributed by atoms with Gasteiger partial charge in [0, 0.05) is 5.02 Å². The van der Waals surface area contributed by atoms with Crippen LogP contribution in [0.25, 0.3) is 0 Å². The number of ether oxygens (including phenoxy) is 2. The van der Waals surface area contributed by atoms with Crippen molar-refractivity contribution in [3.05, 3.63) is 58.6 Å². The van der Waals surface area contributed by atoms with Crippen LogP contribution in [0, 0.1) is 0 Å². The predicted octanol–water partition coefficient (Wildman–Crippen LogP) is 4.84. The lowest BCUT2D eigenvalue weighted by Gasteiger charge is -2.14. The quantitative estimate of drug-likeness (QED) is 0.741. The number of rotatable bonds is 4. The van der Waals surface area contributed by atoms with Crippen LogP contribution in [0.2, 0.25) is 5.02 Å². The van der Waals surface area contributed by atoms with Gasteiger partial charge in [-0.05, 0) is 35.4 Å². The molecular weight excluding hydrogens is 328 g/mol. The van der Waals surface area contributed by atoms with Crippen LogP contribution in [-0.4, -0.2) is 14.2 Å². The zero-order chi connectivity index (χ0) is 13.8. The van der Waals surface area contributed by atoms with Crippen molar-refractivity contribution in [2.75, 3.05) is 14.2 Å². The second-order valence-corrected chi connectivity index (χ2v) is 5.35. The number of hydrogen-bond acceptors (Lipinski definition) is 2. The lowest BCUT2D eigenvalue weighted by molar-refractivity contribution is 0.414. The zero-order valence-electron chi connectivity index (χ0n) is 10.7. The van der Waals surface area contributed by atoms with E-state index in [1.165, 1.54) is 0 Å². The molecule has 0 aliphatic rings. The lowest BCUT2D eigenvalue weighted by Crippen LogP contribution is -1.95. The van der Waals surface area contributed by atoms with Crippen LogP contribution in [0.4, 0.5) is 0 Å². The van der Waals surface area contributed by atoms with Crippen LogP contribution in [0.15, 0.2) is 42.5 Å². The van der Waals surface area contributed by atoms with Gasteiger partial charge >= 0.3 is 0 Å². The molecule has 2 aromatic rings. The van der Waals surface area contributed by atoms with Crippen LogP contribution >= 0.6 is 27.5 Å². The fourth-order valence-corrected chi connectivity index (χ4v) is 2.91. The SMILES string of the molecule is COc1ccc(C(Br)c2ccc(OC)cc2Cl)cc1. The molecule has 19 heavy (non-hydrogen) atoms. The molecule has 0 saturated heterocycles. The van der Waals surface area contributed by atoms with Crippen molar-refractivity contribution in [2.45, 2.75) is 4.83 Å². The fourth-order valence-electron chi connectivity index (χ4n) is 1.79. The first-order chi connectivity index (χ1) is 9.15. The first-order valence-electron chi connectivity index (χ1n) is 5.77. The second kappa shape index (κ2) is 6.31. The molecule has 0 heterocycles. The molecule has 0 aliphatic heterocycles. The van der Waals surface area contributed by atoms with Crippen LogP contribution in [0.5, 0.6) is 11.5 Å². The van der Waals surface area contributed by atoms with Gasteiger partial charge in [0.2, 0.25) is 0 Å². The topological polar surface area (TPSA) is 18.5 Å². The summed E-state index contributed by atoms with van der Waals surface area (Å²) in [5, 5.41) is 0.678. The third-order valence-corrected chi connectivity index (χ3v) is 4.24. The maximum atomic E-state index is 6.28. The highest BCUT2D eigenvalue weighted by atomic mass is 79.9. The Kier molecular flexibility index (Phi) is 4.72. The van der Waals surface area contributed by atoms with Gasteiger partial charge in [0.1, 0.15) is 11.5 Å². The summed E-state index contributed by atoms with van der Waals surface area (Å²) in [6.45, 7) is 0. The summed E-state index contributed by atoms with van der Waals surface area (Å²) in [6, 6.07) is 13.6. The van der Waals surface area contributed by atoms with E-state index in [-0.39, 0.29) is 4.83 Å². The summed E-state index contributed by atoms with van der Waals surface area (Å²) in [7, 11) is 3.28. The first kappa shape index (κ1) is 14.2. The van der Waals surface area contributed by atoms with Crippen molar-refractivity contribution >= 4 is 27.5 Å². The molecule has 0 spiro atoms. The monoisotopic (exact) mass is 340 g/mol. The normalized spacial score (nSPS) is 12.0. The Balaban J connectivity index is 2.29. The van der Waals surface area contributed by atoms with Gasteiger partial charge in [0.05, 0.1) is 19.0 Å². The molecule has 0 amide bonds. The highest BCUT2D eigenvalue weighted by Gasteiger charge is 2.14. The minimum Gasteiger partial charge on any atom is -0.497 e. The Morgan fingerprint density at radius 1 is 0.947 bits per heavy atom. The maximum Gasteiger partial charge on any atom is 0.120 e. The molecule has 2 rings (SSSR count). The lowest BCUT2D eigenvalue weighted by atomic mass is 10.0. The largest absolute Gasteiger partial charge is 0.497 e. The number of hydrogen-bond donors (Lipinski definition) is 0. The predicted molar refractivity (Wildman–Crippen MR) is 81.8 cm³/mol. The Bertz CT molecular complexity index is 555. The van der Waals surface area contributed by atoms with Crippen molar-refractivity contribution in [1.29, 1.82) is 0 Å². The summed E-state index contributed by atoms with van der Waals surface area (Å²) in [5.41, 5.74) is 2.13. The highest BCUT2D eigenvalue weighted by molar-refractivity contribution is 9.09. The second-order valence-electron chi connectivity index (χ2n) is 4.02. The number of halogens is 2. The summed E-state index contributed by atoms with van der Waals surface area (Å²) < 4.78 is 10.3. The van der Waals surface area contributed by atoms with Crippen LogP contribution in [-0.2, 0) is 0 Å². The van der Waals surface area contributed by atoms with Crippen molar-refractivity contribution in [2.24, 2.45) is 0 Å². The third kappa shape index (κ3) is 3.23. The molecule has 1 atom stereocenters. The molecule has 0 radical (unpaired) electrons. The van der Waals surface area contributed by atoms with E-state index in [1.54, 1.807) is 14.2 Å². The van der Waals surface area contributed by atoms with E-state index in [2.05, 4.69) is 15.9 Å². The molecule has 2 nitrogen and oxygen atoms in total. The molecule has 4 heteroatoms. The van der Waals surface area contributed by atoms with Gasteiger partial charge in [0.15, 0.2) is 0 Å². The Morgan fingerprint density at radius 3 is 2.05 bits per heavy atom. The molecule has 100 valence electrons. The fraction of sp³-hybridized carbons (Fsp3) is 0.200. The van der Waals surface area contributed by atoms with E-state index in [9.17, 15) is 0 Å². The number of methoxy groups -OCH3 is 2. The van der Waals surface area contributed by atoms with E-state index >= 15 is 0 Å². The van der Waals surface area contributed by atoms with Gasteiger partial charge in [-0.15, -0.1) is 0 Å². The van der Waals surface area contributed by atoms with Crippen molar-refractivity contribution < 1.29 is 9.47 Å². The van der Waals surface area contributed by atoms with Gasteiger partial charge in [0.25, 0.3) is 0 Å². The van der Waals surface area contributed by atoms with Gasteiger partial charge in [-0.2, -0.15) is 0 Å².